The molecular formula is C19H27N3O2S2. The Bertz CT molecular complexity index is 851. The maximum atomic E-state index is 13.2. The Labute approximate surface area is 162 Å². The molecule has 2 aromatic rings. The molecule has 1 aliphatic rings. The van der Waals surface area contributed by atoms with Gasteiger partial charge in [-0.15, -0.1) is 11.3 Å². The Morgan fingerprint density at radius 1 is 1.35 bits per heavy atom. The highest BCUT2D eigenvalue weighted by Crippen LogP contribution is 2.34. The van der Waals surface area contributed by atoms with Gasteiger partial charge in [0.25, 0.3) is 5.56 Å². The van der Waals surface area contributed by atoms with Crippen molar-refractivity contribution in [3.8, 4) is 0 Å². The summed E-state index contributed by atoms with van der Waals surface area (Å²) in [7, 11) is 0. The van der Waals surface area contributed by atoms with Crippen molar-refractivity contribution < 1.29 is 4.79 Å². The van der Waals surface area contributed by atoms with Crippen molar-refractivity contribution in [2.45, 2.75) is 70.5 Å². The van der Waals surface area contributed by atoms with Gasteiger partial charge >= 0.3 is 0 Å². The van der Waals surface area contributed by atoms with Crippen molar-refractivity contribution in [3.05, 3.63) is 20.8 Å². The van der Waals surface area contributed by atoms with Crippen LogP contribution in [0.1, 0.15) is 61.9 Å². The van der Waals surface area contributed by atoms with Gasteiger partial charge in [0.2, 0.25) is 5.91 Å². The second-order valence-electron chi connectivity index (χ2n) is 6.96. The number of carbonyl (C=O) groups excluding carboxylic acids is 1. The molecule has 0 radical (unpaired) electrons. The van der Waals surface area contributed by atoms with E-state index in [-0.39, 0.29) is 17.5 Å². The molecule has 1 aliphatic carbocycles. The lowest BCUT2D eigenvalue weighted by atomic mass is 10.2. The van der Waals surface area contributed by atoms with Crippen LogP contribution in [-0.2, 0) is 4.79 Å². The number of rotatable bonds is 7. The second-order valence-corrected chi connectivity index (χ2v) is 9.11. The number of nitrogens with one attached hydrogen (secondary N) is 1. The van der Waals surface area contributed by atoms with E-state index in [0.717, 1.165) is 59.2 Å². The third-order valence-electron chi connectivity index (χ3n) is 5.08. The Hall–Kier alpha value is -1.34. The van der Waals surface area contributed by atoms with Gasteiger partial charge in [0, 0.05) is 17.5 Å². The number of hydrogen-bond acceptors (Lipinski definition) is 5. The lowest BCUT2D eigenvalue weighted by molar-refractivity contribution is -0.118. The number of amides is 1. The first kappa shape index (κ1) is 19.4. The Morgan fingerprint density at radius 3 is 2.77 bits per heavy atom. The molecule has 0 atom stereocenters. The van der Waals surface area contributed by atoms with E-state index in [4.69, 9.17) is 4.98 Å². The molecule has 0 bridgehead atoms. The zero-order valence-corrected chi connectivity index (χ0v) is 17.4. The molecule has 2 aromatic heterocycles. The first-order chi connectivity index (χ1) is 12.5. The normalized spacial score (nSPS) is 15.0. The van der Waals surface area contributed by atoms with Crippen LogP contribution in [0, 0.1) is 13.8 Å². The molecular weight excluding hydrogens is 366 g/mol. The minimum atomic E-state index is 0.00862. The zero-order chi connectivity index (χ0) is 18.7. The van der Waals surface area contributed by atoms with Crippen LogP contribution in [0.4, 0.5) is 0 Å². The van der Waals surface area contributed by atoms with Crippen LogP contribution in [0.3, 0.4) is 0 Å². The molecule has 1 amide bonds. The van der Waals surface area contributed by atoms with E-state index in [2.05, 4.69) is 12.2 Å². The summed E-state index contributed by atoms with van der Waals surface area (Å²) in [5.41, 5.74) is 1.11. The van der Waals surface area contributed by atoms with Crippen molar-refractivity contribution in [2.75, 3.05) is 12.3 Å². The van der Waals surface area contributed by atoms with E-state index < -0.39 is 0 Å². The van der Waals surface area contributed by atoms with Gasteiger partial charge in [0.05, 0.1) is 11.1 Å². The monoisotopic (exact) mass is 393 g/mol. The van der Waals surface area contributed by atoms with Crippen LogP contribution in [0.25, 0.3) is 10.2 Å². The topological polar surface area (TPSA) is 64.0 Å². The molecule has 2 heterocycles. The molecule has 1 fully saturated rings. The van der Waals surface area contributed by atoms with E-state index in [1.54, 1.807) is 11.3 Å². The average molecular weight is 394 g/mol. The third-order valence-corrected chi connectivity index (χ3v) is 7.13. The van der Waals surface area contributed by atoms with Crippen molar-refractivity contribution in [3.63, 3.8) is 0 Å². The van der Waals surface area contributed by atoms with Crippen molar-refractivity contribution in [1.82, 2.24) is 14.9 Å². The predicted octanol–water partition coefficient (Wildman–Crippen LogP) is 4.20. The maximum Gasteiger partial charge on any atom is 0.263 e. The molecule has 1 saturated carbocycles. The Balaban J connectivity index is 1.91. The standard InChI is InChI=1S/C19H27N3O2S2/c1-4-5-10-20-15(23)11-25-19-21-17-16(12(2)13(3)26-17)18(24)22(19)14-8-6-7-9-14/h14H,4-11H2,1-3H3,(H,20,23). The van der Waals surface area contributed by atoms with Crippen LogP contribution < -0.4 is 10.9 Å². The number of nitrogens with zero attached hydrogens (tertiary/aromatic N) is 2. The summed E-state index contributed by atoms with van der Waals surface area (Å²) in [6.45, 7) is 6.85. The molecule has 0 spiro atoms. The highest BCUT2D eigenvalue weighted by molar-refractivity contribution is 7.99. The molecule has 0 aliphatic heterocycles. The summed E-state index contributed by atoms with van der Waals surface area (Å²) in [6.07, 6.45) is 6.39. The molecule has 142 valence electrons. The van der Waals surface area contributed by atoms with Crippen molar-refractivity contribution in [1.29, 1.82) is 0 Å². The summed E-state index contributed by atoms with van der Waals surface area (Å²) in [5.74, 6) is 0.312. The minimum absolute atomic E-state index is 0.00862. The molecule has 1 N–H and O–H groups in total. The van der Waals surface area contributed by atoms with Gasteiger partial charge in [-0.25, -0.2) is 4.98 Å². The summed E-state index contributed by atoms with van der Waals surface area (Å²) >= 11 is 2.96. The lowest BCUT2D eigenvalue weighted by Crippen LogP contribution is -2.29. The second kappa shape index (κ2) is 8.57. The highest BCUT2D eigenvalue weighted by Gasteiger charge is 2.25. The Kier molecular flexibility index (Phi) is 6.40. The zero-order valence-electron chi connectivity index (χ0n) is 15.8. The summed E-state index contributed by atoms with van der Waals surface area (Å²) in [5, 5.41) is 4.39. The van der Waals surface area contributed by atoms with Crippen molar-refractivity contribution in [2.24, 2.45) is 0 Å². The number of unbranched alkanes of at least 4 members (excludes halogenated alkanes) is 1. The minimum Gasteiger partial charge on any atom is -0.355 e. The molecule has 3 rings (SSSR count). The van der Waals surface area contributed by atoms with Gasteiger partial charge in [-0.3, -0.25) is 14.2 Å². The number of aromatic nitrogens is 2. The Morgan fingerprint density at radius 2 is 2.08 bits per heavy atom. The largest absolute Gasteiger partial charge is 0.355 e. The highest BCUT2D eigenvalue weighted by atomic mass is 32.2. The van der Waals surface area contributed by atoms with Crippen molar-refractivity contribution >= 4 is 39.2 Å². The van der Waals surface area contributed by atoms with E-state index in [1.807, 2.05) is 18.4 Å². The SMILES string of the molecule is CCCCNC(=O)CSc1nc2sc(C)c(C)c2c(=O)n1C1CCCC1. The number of thiophene rings is 1. The molecule has 26 heavy (non-hydrogen) atoms. The summed E-state index contributed by atoms with van der Waals surface area (Å²) in [6, 6.07) is 0.213. The lowest BCUT2D eigenvalue weighted by Gasteiger charge is -2.18. The van der Waals surface area contributed by atoms with Crippen LogP contribution in [0.15, 0.2) is 9.95 Å². The summed E-state index contributed by atoms with van der Waals surface area (Å²) in [4.78, 5) is 32.1. The van der Waals surface area contributed by atoms with Crippen LogP contribution in [-0.4, -0.2) is 27.8 Å². The number of carbonyl (C=O) groups is 1. The van der Waals surface area contributed by atoms with Crippen LogP contribution in [0.2, 0.25) is 0 Å². The number of hydrogen-bond donors (Lipinski definition) is 1. The van der Waals surface area contributed by atoms with Gasteiger partial charge < -0.3 is 5.32 Å². The summed E-state index contributed by atoms with van der Waals surface area (Å²) < 4.78 is 1.87. The molecule has 0 unspecified atom stereocenters. The van der Waals surface area contributed by atoms with Gasteiger partial charge in [0.15, 0.2) is 5.16 Å². The van der Waals surface area contributed by atoms with Gasteiger partial charge in [-0.1, -0.05) is 37.9 Å². The third kappa shape index (κ3) is 3.98. The van der Waals surface area contributed by atoms with Crippen LogP contribution >= 0.6 is 23.1 Å². The molecule has 0 saturated heterocycles. The average Bonchev–Trinajstić information content (AvgIpc) is 3.22. The quantitative estimate of drug-likeness (QED) is 0.435. The van der Waals surface area contributed by atoms with Gasteiger partial charge in [0.1, 0.15) is 4.83 Å². The first-order valence-corrected chi connectivity index (χ1v) is 11.2. The number of fused-ring (bicyclic) bond motifs is 1. The van der Waals surface area contributed by atoms with Crippen LogP contribution in [0.5, 0.6) is 0 Å². The van der Waals surface area contributed by atoms with E-state index in [9.17, 15) is 9.59 Å². The number of aryl methyl sites for hydroxylation is 2. The van der Waals surface area contributed by atoms with E-state index >= 15 is 0 Å². The maximum absolute atomic E-state index is 13.2. The first-order valence-electron chi connectivity index (χ1n) is 9.44. The molecule has 5 nitrogen and oxygen atoms in total. The van der Waals surface area contributed by atoms with E-state index in [1.165, 1.54) is 11.8 Å². The van der Waals surface area contributed by atoms with Gasteiger partial charge in [-0.05, 0) is 38.7 Å². The number of thioether (sulfide) groups is 1. The molecule has 0 aromatic carbocycles. The van der Waals surface area contributed by atoms with E-state index in [0.29, 0.717) is 17.5 Å². The fourth-order valence-electron chi connectivity index (χ4n) is 3.46. The fourth-order valence-corrected chi connectivity index (χ4v) is 5.43. The molecule has 7 heteroatoms. The smallest absolute Gasteiger partial charge is 0.263 e. The predicted molar refractivity (Wildman–Crippen MR) is 110 cm³/mol. The fraction of sp³-hybridized carbons (Fsp3) is 0.632. The van der Waals surface area contributed by atoms with Gasteiger partial charge in [-0.2, -0.15) is 0 Å².